The first-order valence-electron chi connectivity index (χ1n) is 12.3. The molecular weight excluding hydrogens is 562 g/mol. The molecule has 0 radical (unpaired) electrons. The molecule has 4 rings (SSSR count). The number of carboxylic acid groups (broad SMARTS) is 1. The zero-order valence-electron chi connectivity index (χ0n) is 21.7. The number of amides is 3. The maximum absolute atomic E-state index is 13.1. The number of carbonyl (C=O) groups is 4. The first kappa shape index (κ1) is 29.1. The molecule has 1 unspecified atom stereocenters. The van der Waals surface area contributed by atoms with E-state index in [0.29, 0.717) is 11.3 Å². The Morgan fingerprint density at radius 3 is 2.24 bits per heavy atom. The molecule has 0 aliphatic carbocycles. The minimum atomic E-state index is -1.30. The number of thiophene rings is 1. The minimum absolute atomic E-state index is 0.0883. The van der Waals surface area contributed by atoms with E-state index in [1.54, 1.807) is 67.6 Å². The number of hydrogen-bond acceptors (Lipinski definition) is 7. The Labute approximate surface area is 243 Å². The van der Waals surface area contributed by atoms with Gasteiger partial charge in [0.1, 0.15) is 17.0 Å². The van der Waals surface area contributed by atoms with Gasteiger partial charge in [0.05, 0.1) is 5.25 Å². The standard InChI is InChI=1S/C30H25N3O6S2/c1-18(27(35)32-21-11-14-26(34)24(16-21)30(38)39)41-22-12-9-20(10-13-22)31-29(37)25(17-23-8-5-15-40-23)33-28(36)19-6-3-2-4-7-19/h2-18,34H,1H3,(H,31,37)(H,32,35)(H,33,36)(H,38,39)/b25-17-. The highest BCUT2D eigenvalue weighted by atomic mass is 32.2. The molecule has 0 aliphatic rings. The summed E-state index contributed by atoms with van der Waals surface area (Å²) in [6, 6.07) is 23.0. The Bertz CT molecular complexity index is 1590. The van der Waals surface area contributed by atoms with Crippen molar-refractivity contribution in [3.05, 3.63) is 112 Å². The van der Waals surface area contributed by atoms with Crippen LogP contribution < -0.4 is 16.0 Å². The molecule has 0 aliphatic heterocycles. The average molecular weight is 588 g/mol. The number of anilines is 2. The smallest absolute Gasteiger partial charge is 0.339 e. The molecule has 9 nitrogen and oxygen atoms in total. The van der Waals surface area contributed by atoms with E-state index in [-0.39, 0.29) is 22.9 Å². The Balaban J connectivity index is 1.39. The van der Waals surface area contributed by atoms with Gasteiger partial charge in [0.2, 0.25) is 5.91 Å². The van der Waals surface area contributed by atoms with E-state index in [1.807, 2.05) is 17.5 Å². The highest BCUT2D eigenvalue weighted by Crippen LogP contribution is 2.27. The Hall–Kier alpha value is -4.87. The maximum Gasteiger partial charge on any atom is 0.339 e. The van der Waals surface area contributed by atoms with Gasteiger partial charge in [0.15, 0.2) is 0 Å². The zero-order valence-corrected chi connectivity index (χ0v) is 23.3. The third kappa shape index (κ3) is 8.07. The zero-order chi connectivity index (χ0) is 29.4. The summed E-state index contributed by atoms with van der Waals surface area (Å²) >= 11 is 2.70. The first-order valence-corrected chi connectivity index (χ1v) is 14.0. The fourth-order valence-corrected chi connectivity index (χ4v) is 5.08. The minimum Gasteiger partial charge on any atom is -0.507 e. The summed E-state index contributed by atoms with van der Waals surface area (Å²) in [5.74, 6) is -2.95. The molecule has 0 fully saturated rings. The lowest BCUT2D eigenvalue weighted by molar-refractivity contribution is -0.115. The molecular formula is C30H25N3O6S2. The van der Waals surface area contributed by atoms with Crippen LogP contribution in [0.2, 0.25) is 0 Å². The van der Waals surface area contributed by atoms with Gasteiger partial charge < -0.3 is 26.2 Å². The quantitative estimate of drug-likeness (QED) is 0.0912. The third-order valence-corrected chi connectivity index (χ3v) is 7.58. The van der Waals surface area contributed by atoms with Gasteiger partial charge in [-0.15, -0.1) is 23.1 Å². The lowest BCUT2D eigenvalue weighted by Gasteiger charge is -2.14. The molecule has 1 heterocycles. The highest BCUT2D eigenvalue weighted by Gasteiger charge is 2.18. The van der Waals surface area contributed by atoms with E-state index in [2.05, 4.69) is 16.0 Å². The van der Waals surface area contributed by atoms with Crippen molar-refractivity contribution >= 4 is 64.2 Å². The second-order valence-corrected chi connectivity index (χ2v) is 11.1. The van der Waals surface area contributed by atoms with Crippen LogP contribution in [0, 0.1) is 0 Å². The van der Waals surface area contributed by atoms with Gasteiger partial charge in [0.25, 0.3) is 11.8 Å². The van der Waals surface area contributed by atoms with Gasteiger partial charge in [-0.25, -0.2) is 4.79 Å². The van der Waals surface area contributed by atoms with Crippen LogP contribution in [-0.4, -0.2) is 39.2 Å². The number of carbonyl (C=O) groups excluding carboxylic acids is 3. The number of nitrogens with one attached hydrogen (secondary N) is 3. The monoisotopic (exact) mass is 587 g/mol. The van der Waals surface area contributed by atoms with Crippen LogP contribution in [0.3, 0.4) is 0 Å². The van der Waals surface area contributed by atoms with Crippen molar-refractivity contribution in [1.82, 2.24) is 5.32 Å². The van der Waals surface area contributed by atoms with Gasteiger partial charge in [0, 0.05) is 26.7 Å². The van der Waals surface area contributed by atoms with Crippen molar-refractivity contribution in [3.8, 4) is 5.75 Å². The van der Waals surface area contributed by atoms with Crippen LogP contribution in [-0.2, 0) is 9.59 Å². The Morgan fingerprint density at radius 1 is 0.878 bits per heavy atom. The number of thioether (sulfide) groups is 1. The van der Waals surface area contributed by atoms with Crippen molar-refractivity contribution in [1.29, 1.82) is 0 Å². The number of aromatic carboxylic acids is 1. The molecule has 208 valence electrons. The van der Waals surface area contributed by atoms with Crippen molar-refractivity contribution in [2.75, 3.05) is 10.6 Å². The van der Waals surface area contributed by atoms with Gasteiger partial charge >= 0.3 is 5.97 Å². The topological polar surface area (TPSA) is 145 Å². The van der Waals surface area contributed by atoms with Crippen LogP contribution in [0.5, 0.6) is 5.75 Å². The van der Waals surface area contributed by atoms with Crippen LogP contribution in [0.4, 0.5) is 11.4 Å². The first-order chi connectivity index (χ1) is 19.7. The number of aromatic hydroxyl groups is 1. The molecule has 11 heteroatoms. The number of rotatable bonds is 10. The molecule has 4 aromatic rings. The molecule has 0 bridgehead atoms. The van der Waals surface area contributed by atoms with E-state index in [0.717, 1.165) is 9.77 Å². The molecule has 3 amide bonds. The molecule has 0 saturated carbocycles. The molecule has 5 N–H and O–H groups in total. The van der Waals surface area contributed by atoms with Crippen LogP contribution in [0.15, 0.2) is 101 Å². The van der Waals surface area contributed by atoms with Crippen molar-refractivity contribution in [2.24, 2.45) is 0 Å². The normalized spacial score (nSPS) is 11.8. The van der Waals surface area contributed by atoms with Gasteiger partial charge in [-0.1, -0.05) is 24.3 Å². The summed E-state index contributed by atoms with van der Waals surface area (Å²) in [7, 11) is 0. The SMILES string of the molecule is CC(Sc1ccc(NC(=O)/C(=C/c2cccs2)NC(=O)c2ccccc2)cc1)C(=O)Nc1ccc(O)c(C(=O)O)c1. The Kier molecular flexibility index (Phi) is 9.56. The fraction of sp³-hybridized carbons (Fsp3) is 0.0667. The van der Waals surface area contributed by atoms with Gasteiger partial charge in [-0.2, -0.15) is 0 Å². The van der Waals surface area contributed by atoms with Crippen molar-refractivity contribution in [3.63, 3.8) is 0 Å². The number of carboxylic acids is 1. The summed E-state index contributed by atoms with van der Waals surface area (Å²) in [5, 5.41) is 28.3. The third-order valence-electron chi connectivity index (χ3n) is 5.65. The molecule has 1 aromatic heterocycles. The second kappa shape index (κ2) is 13.5. The lowest BCUT2D eigenvalue weighted by atomic mass is 10.2. The number of hydrogen-bond donors (Lipinski definition) is 5. The molecule has 0 spiro atoms. The van der Waals surface area contributed by atoms with Crippen LogP contribution in [0.1, 0.15) is 32.5 Å². The van der Waals surface area contributed by atoms with Crippen molar-refractivity contribution in [2.45, 2.75) is 17.1 Å². The van der Waals surface area contributed by atoms with Crippen LogP contribution >= 0.6 is 23.1 Å². The van der Waals surface area contributed by atoms with Crippen molar-refractivity contribution < 1.29 is 29.4 Å². The number of phenols is 1. The predicted octanol–water partition coefficient (Wildman–Crippen LogP) is 5.68. The maximum atomic E-state index is 13.1. The summed E-state index contributed by atoms with van der Waals surface area (Å²) in [6.45, 7) is 1.70. The molecule has 3 aromatic carbocycles. The van der Waals surface area contributed by atoms with Crippen LogP contribution in [0.25, 0.3) is 6.08 Å². The largest absolute Gasteiger partial charge is 0.507 e. The highest BCUT2D eigenvalue weighted by molar-refractivity contribution is 8.00. The molecule has 0 saturated heterocycles. The fourth-order valence-electron chi connectivity index (χ4n) is 3.56. The summed E-state index contributed by atoms with van der Waals surface area (Å²) < 4.78 is 0. The van der Waals surface area contributed by atoms with E-state index >= 15 is 0 Å². The van der Waals surface area contributed by atoms with E-state index < -0.39 is 28.8 Å². The summed E-state index contributed by atoms with van der Waals surface area (Å²) in [4.78, 5) is 51.3. The summed E-state index contributed by atoms with van der Waals surface area (Å²) in [6.07, 6.45) is 1.61. The lowest BCUT2D eigenvalue weighted by Crippen LogP contribution is -2.30. The van der Waals surface area contributed by atoms with Gasteiger partial charge in [-0.05, 0) is 79.0 Å². The van der Waals surface area contributed by atoms with E-state index in [4.69, 9.17) is 5.11 Å². The summed E-state index contributed by atoms with van der Waals surface area (Å²) in [5.41, 5.74) is 0.943. The Morgan fingerprint density at radius 2 is 1.59 bits per heavy atom. The predicted molar refractivity (Wildman–Crippen MR) is 160 cm³/mol. The molecule has 1 atom stereocenters. The second-order valence-electron chi connectivity index (χ2n) is 8.66. The van der Waals surface area contributed by atoms with E-state index in [9.17, 15) is 24.3 Å². The number of benzene rings is 3. The van der Waals surface area contributed by atoms with E-state index in [1.165, 1.54) is 41.3 Å². The average Bonchev–Trinajstić information content (AvgIpc) is 3.48. The van der Waals surface area contributed by atoms with Gasteiger partial charge in [-0.3, -0.25) is 14.4 Å². The molecule has 41 heavy (non-hydrogen) atoms.